The molecule has 1 aliphatic heterocycles. The molecule has 1 aliphatic carbocycles. The number of aromatic nitrogens is 3. The Balaban J connectivity index is 1.08. The number of anilines is 2. The van der Waals surface area contributed by atoms with Gasteiger partial charge in [0.15, 0.2) is 0 Å². The topological polar surface area (TPSA) is 121 Å². The molecule has 5 rings (SSSR count). The molecule has 10 heteroatoms. The van der Waals surface area contributed by atoms with E-state index >= 15 is 0 Å². The van der Waals surface area contributed by atoms with Gasteiger partial charge < -0.3 is 25.8 Å². The molecule has 0 unspecified atom stereocenters. The van der Waals surface area contributed by atoms with Crippen LogP contribution in [0.2, 0.25) is 5.02 Å². The van der Waals surface area contributed by atoms with Gasteiger partial charge in [0.05, 0.1) is 42.3 Å². The molecule has 0 bridgehead atoms. The van der Waals surface area contributed by atoms with Gasteiger partial charge in [-0.05, 0) is 56.2 Å². The van der Waals surface area contributed by atoms with Crippen molar-refractivity contribution in [3.8, 4) is 0 Å². The molecule has 9 nitrogen and oxygen atoms in total. The Hall–Kier alpha value is -3.01. The van der Waals surface area contributed by atoms with Crippen LogP contribution >= 0.6 is 11.6 Å². The van der Waals surface area contributed by atoms with Crippen LogP contribution in [0.25, 0.3) is 10.9 Å². The van der Waals surface area contributed by atoms with E-state index in [1.165, 1.54) is 0 Å². The quantitative estimate of drug-likeness (QED) is 0.334. The van der Waals surface area contributed by atoms with E-state index in [1.54, 1.807) is 12.4 Å². The predicted octanol–water partition coefficient (Wildman–Crippen LogP) is 3.66. The van der Waals surface area contributed by atoms with Crippen molar-refractivity contribution in [2.24, 2.45) is 5.92 Å². The van der Waals surface area contributed by atoms with E-state index in [0.717, 1.165) is 54.5 Å². The average molecular weight is 525 g/mol. The number of amides is 1. The van der Waals surface area contributed by atoms with Crippen molar-refractivity contribution in [1.29, 1.82) is 0 Å². The van der Waals surface area contributed by atoms with Crippen molar-refractivity contribution in [3.63, 3.8) is 0 Å². The number of nitrogens with zero attached hydrogens (tertiary/aromatic N) is 3. The number of rotatable bonds is 9. The van der Waals surface area contributed by atoms with Gasteiger partial charge in [-0.15, -0.1) is 0 Å². The highest BCUT2D eigenvalue weighted by Crippen LogP contribution is 2.29. The third kappa shape index (κ3) is 6.11. The van der Waals surface area contributed by atoms with Gasteiger partial charge in [-0.1, -0.05) is 23.7 Å². The highest BCUT2D eigenvalue weighted by atomic mass is 35.5. The van der Waals surface area contributed by atoms with Gasteiger partial charge in [-0.2, -0.15) is 0 Å². The Morgan fingerprint density at radius 1 is 1.11 bits per heavy atom. The van der Waals surface area contributed by atoms with E-state index in [0.29, 0.717) is 41.7 Å². The molecule has 2 aromatic heterocycles. The minimum Gasteiger partial charge on any atom is -0.395 e. The molecule has 2 aliphatic rings. The summed E-state index contributed by atoms with van der Waals surface area (Å²) >= 11 is 6.48. The van der Waals surface area contributed by atoms with Gasteiger partial charge in [0.25, 0.3) is 0 Å². The zero-order valence-corrected chi connectivity index (χ0v) is 21.7. The summed E-state index contributed by atoms with van der Waals surface area (Å²) in [5, 5.41) is 21.2. The van der Waals surface area contributed by atoms with Crippen LogP contribution in [0.1, 0.15) is 42.7 Å². The monoisotopic (exact) mass is 524 g/mol. The maximum atomic E-state index is 12.4. The summed E-state index contributed by atoms with van der Waals surface area (Å²) in [7, 11) is 0. The largest absolute Gasteiger partial charge is 0.395 e. The normalized spacial score (nSPS) is 20.7. The van der Waals surface area contributed by atoms with Gasteiger partial charge in [0.1, 0.15) is 5.82 Å². The van der Waals surface area contributed by atoms with Gasteiger partial charge in [0, 0.05) is 35.9 Å². The average Bonchev–Trinajstić information content (AvgIpc) is 2.89. The van der Waals surface area contributed by atoms with E-state index in [9.17, 15) is 9.90 Å². The van der Waals surface area contributed by atoms with Gasteiger partial charge >= 0.3 is 0 Å². The molecule has 3 heterocycles. The molecule has 0 radical (unpaired) electrons. The Bertz CT molecular complexity index is 1230. The number of aliphatic hydroxyl groups excluding tert-OH is 1. The lowest BCUT2D eigenvalue weighted by molar-refractivity contribution is -0.127. The molecule has 2 fully saturated rings. The molecule has 3 aromatic rings. The number of nitrogens with one attached hydrogen (secondary N) is 3. The summed E-state index contributed by atoms with van der Waals surface area (Å²) < 4.78 is 5.08. The van der Waals surface area contributed by atoms with E-state index < -0.39 is 5.92 Å². The highest BCUT2D eigenvalue weighted by Gasteiger charge is 2.27. The number of aryl methyl sites for hydroxylation is 1. The third-order valence-electron chi connectivity index (χ3n) is 7.30. The minimum absolute atomic E-state index is 0.0142. The van der Waals surface area contributed by atoms with Crippen molar-refractivity contribution in [2.45, 2.75) is 50.6 Å². The number of aliphatic hydroxyl groups is 1. The molecule has 4 N–H and O–H groups in total. The summed E-state index contributed by atoms with van der Waals surface area (Å²) in [4.78, 5) is 25.9. The molecule has 1 amide bonds. The van der Waals surface area contributed by atoms with Crippen LogP contribution in [0.15, 0.2) is 36.7 Å². The molecular weight excluding hydrogens is 492 g/mol. The fourth-order valence-corrected chi connectivity index (χ4v) is 5.08. The molecular formula is C27H33ClN6O3. The Morgan fingerprint density at radius 3 is 2.51 bits per heavy atom. The summed E-state index contributed by atoms with van der Waals surface area (Å²) in [5.74, 6) is 1.01. The number of pyridine rings is 1. The van der Waals surface area contributed by atoms with E-state index in [4.69, 9.17) is 21.3 Å². The number of hydrogen-bond acceptors (Lipinski definition) is 8. The van der Waals surface area contributed by atoms with Crippen molar-refractivity contribution in [2.75, 3.05) is 37.0 Å². The Morgan fingerprint density at radius 2 is 1.84 bits per heavy atom. The molecule has 37 heavy (non-hydrogen) atoms. The van der Waals surface area contributed by atoms with Crippen LogP contribution in [-0.4, -0.2) is 64.4 Å². The van der Waals surface area contributed by atoms with Crippen LogP contribution in [-0.2, 0) is 9.53 Å². The number of fused-ring (bicyclic) bond motifs is 1. The molecule has 1 aromatic carbocycles. The van der Waals surface area contributed by atoms with E-state index in [1.807, 2.05) is 19.1 Å². The van der Waals surface area contributed by atoms with Crippen LogP contribution < -0.4 is 16.0 Å². The van der Waals surface area contributed by atoms with Crippen LogP contribution in [0.5, 0.6) is 0 Å². The van der Waals surface area contributed by atoms with Crippen LogP contribution in [0.3, 0.4) is 0 Å². The van der Waals surface area contributed by atoms with Crippen molar-refractivity contribution < 1.29 is 14.6 Å². The van der Waals surface area contributed by atoms with Crippen molar-refractivity contribution >= 4 is 40.2 Å². The van der Waals surface area contributed by atoms with E-state index in [-0.39, 0.29) is 18.6 Å². The number of hydrogen-bond donors (Lipinski definition) is 4. The Kier molecular flexibility index (Phi) is 8.02. The second-order valence-corrected chi connectivity index (χ2v) is 10.4. The number of halogens is 1. The first-order valence-electron chi connectivity index (χ1n) is 12.9. The lowest BCUT2D eigenvalue weighted by atomic mass is 9.86. The highest BCUT2D eigenvalue weighted by molar-refractivity contribution is 6.35. The van der Waals surface area contributed by atoms with Crippen molar-refractivity contribution in [1.82, 2.24) is 20.3 Å². The zero-order chi connectivity index (χ0) is 25.8. The van der Waals surface area contributed by atoms with Crippen LogP contribution in [0, 0.1) is 12.8 Å². The smallest absolute Gasteiger partial charge is 0.230 e. The zero-order valence-electron chi connectivity index (χ0n) is 20.9. The van der Waals surface area contributed by atoms with Gasteiger partial charge in [-0.3, -0.25) is 4.79 Å². The summed E-state index contributed by atoms with van der Waals surface area (Å²) in [6.07, 6.45) is 7.53. The molecule has 1 saturated heterocycles. The fraction of sp³-hybridized carbons (Fsp3) is 0.481. The summed E-state index contributed by atoms with van der Waals surface area (Å²) in [6, 6.07) is 8.56. The maximum absolute atomic E-state index is 12.4. The second-order valence-electron chi connectivity index (χ2n) is 10.0. The lowest BCUT2D eigenvalue weighted by Crippen LogP contribution is -2.50. The number of benzene rings is 1. The third-order valence-corrected chi connectivity index (χ3v) is 7.78. The first kappa shape index (κ1) is 25.6. The van der Waals surface area contributed by atoms with Crippen LogP contribution in [0.4, 0.5) is 11.8 Å². The number of carbonyl (C=O) groups excluding carboxylic acids is 1. The molecule has 1 saturated carbocycles. The summed E-state index contributed by atoms with van der Waals surface area (Å²) in [5.41, 5.74) is 2.47. The van der Waals surface area contributed by atoms with E-state index in [2.05, 4.69) is 38.1 Å². The first-order chi connectivity index (χ1) is 18.0. The standard InChI is InChI=1S/C27H33ClN6O3/c1-16-2-5-18-6-9-23(34-25(18)24(16)28)32-20-7-3-17(4-8-20)10-29-27-30-11-19(12-31-27)22(13-35)26(36)33-21-14-37-15-21/h2,5-6,9,11-12,17,20-22,35H,3-4,7-8,10,13-15H2,1H3,(H,32,34)(H,33,36)(H,29,30,31)/t17?,20?,22-/m0/s1. The minimum atomic E-state index is -0.686. The lowest BCUT2D eigenvalue weighted by Gasteiger charge is -2.29. The maximum Gasteiger partial charge on any atom is 0.230 e. The second kappa shape index (κ2) is 11.6. The summed E-state index contributed by atoms with van der Waals surface area (Å²) in [6.45, 7) is 3.51. The fourth-order valence-electron chi connectivity index (χ4n) is 4.86. The SMILES string of the molecule is Cc1ccc2ccc(NC3CCC(CNc4ncc([C@H](CO)C(=O)NC5COC5)cn4)CC3)nc2c1Cl. The van der Waals surface area contributed by atoms with Gasteiger partial charge in [-0.25, -0.2) is 15.0 Å². The first-order valence-corrected chi connectivity index (χ1v) is 13.2. The number of carbonyl (C=O) groups is 1. The molecule has 196 valence electrons. The Labute approximate surface area is 221 Å². The molecule has 0 spiro atoms. The molecule has 1 atom stereocenters. The number of ether oxygens (including phenoxy) is 1. The van der Waals surface area contributed by atoms with Gasteiger partial charge in [0.2, 0.25) is 11.9 Å². The van der Waals surface area contributed by atoms with Crippen molar-refractivity contribution in [3.05, 3.63) is 52.8 Å². The predicted molar refractivity (Wildman–Crippen MR) is 144 cm³/mol.